The monoisotopic (exact) mass is 281 g/mol. The first kappa shape index (κ1) is 14.4. The molecule has 3 aliphatic rings. The van der Waals surface area contributed by atoms with Gasteiger partial charge in [0.2, 0.25) is 5.91 Å². The highest BCUT2D eigenvalue weighted by atomic mass is 16.5. The molecule has 2 aliphatic carbocycles. The van der Waals surface area contributed by atoms with Gasteiger partial charge < -0.3 is 10.1 Å². The van der Waals surface area contributed by atoms with E-state index in [1.807, 2.05) is 0 Å². The normalized spacial score (nSPS) is 36.5. The molecule has 3 heteroatoms. The first-order valence-corrected chi connectivity index (χ1v) is 8.37. The van der Waals surface area contributed by atoms with Crippen LogP contribution in [-0.4, -0.2) is 25.2 Å². The van der Waals surface area contributed by atoms with Gasteiger partial charge in [-0.25, -0.2) is 0 Å². The molecule has 1 saturated heterocycles. The third-order valence-electron chi connectivity index (χ3n) is 5.88. The fourth-order valence-electron chi connectivity index (χ4n) is 4.53. The van der Waals surface area contributed by atoms with Crippen LogP contribution in [0.1, 0.15) is 54.3 Å². The molecule has 1 aliphatic heterocycles. The van der Waals surface area contributed by atoms with Crippen molar-refractivity contribution in [2.75, 3.05) is 13.2 Å². The summed E-state index contributed by atoms with van der Waals surface area (Å²) in [6, 6.07) is 0.413. The second-order valence-electron chi connectivity index (χ2n) is 8.04. The number of carbonyl (C=O) groups excluding carboxylic acids is 1. The summed E-state index contributed by atoms with van der Waals surface area (Å²) < 4.78 is 5.30. The fraction of sp³-hybridized carbons (Fsp3) is 0.941. The van der Waals surface area contributed by atoms with E-state index < -0.39 is 0 Å². The van der Waals surface area contributed by atoms with E-state index in [-0.39, 0.29) is 7.34 Å². The Hall–Kier alpha value is -0.570. The standard InChI is InChI=1S/C17H29NO2.H2/c1-11(2)14-5-4-12(3)6-15(14)16(19)18-13-7-17(8-13)9-20-10-17;/h11-15H,4-10H2,1-3H3,(H,18,19);1H/t12-,14+,15-;/m1./s1. The van der Waals surface area contributed by atoms with E-state index in [1.54, 1.807) is 0 Å². The number of rotatable bonds is 3. The average Bonchev–Trinajstić information content (AvgIpc) is 2.30. The fourth-order valence-corrected chi connectivity index (χ4v) is 4.53. The minimum atomic E-state index is 0. The Morgan fingerprint density at radius 2 is 2.00 bits per heavy atom. The van der Waals surface area contributed by atoms with Crippen LogP contribution < -0.4 is 5.32 Å². The lowest BCUT2D eigenvalue weighted by atomic mass is 9.63. The maximum Gasteiger partial charge on any atom is 0.223 e. The van der Waals surface area contributed by atoms with E-state index in [9.17, 15) is 4.79 Å². The molecular formula is C17H31NO2. The molecule has 1 spiro atoms. The van der Waals surface area contributed by atoms with Crippen LogP contribution in [0, 0.1) is 29.1 Å². The summed E-state index contributed by atoms with van der Waals surface area (Å²) in [6.45, 7) is 8.65. The Bertz CT molecular complexity index is 373. The van der Waals surface area contributed by atoms with Crippen LogP contribution >= 0.6 is 0 Å². The van der Waals surface area contributed by atoms with Crippen molar-refractivity contribution in [3.8, 4) is 0 Å². The molecule has 1 heterocycles. The van der Waals surface area contributed by atoms with Crippen LogP contribution in [0.25, 0.3) is 0 Å². The Kier molecular flexibility index (Phi) is 3.83. The van der Waals surface area contributed by atoms with Gasteiger partial charge in [0, 0.05) is 18.8 Å². The molecule has 0 aromatic heterocycles. The van der Waals surface area contributed by atoms with Gasteiger partial charge in [0.1, 0.15) is 0 Å². The molecule has 20 heavy (non-hydrogen) atoms. The summed E-state index contributed by atoms with van der Waals surface area (Å²) in [5, 5.41) is 3.32. The molecule has 3 rings (SSSR count). The van der Waals surface area contributed by atoms with E-state index in [0.29, 0.717) is 35.1 Å². The Morgan fingerprint density at radius 1 is 1.30 bits per heavy atom. The molecule has 0 unspecified atom stereocenters. The van der Waals surface area contributed by atoms with Gasteiger partial charge >= 0.3 is 0 Å². The Morgan fingerprint density at radius 3 is 2.55 bits per heavy atom. The SMILES string of the molecule is CC(C)[C@@H]1CC[C@@H](C)C[C@H]1C(=O)NC1CC2(COC2)C1.[HH]. The van der Waals surface area contributed by atoms with Gasteiger partial charge in [-0.1, -0.05) is 27.2 Å². The molecule has 3 nitrogen and oxygen atoms in total. The van der Waals surface area contributed by atoms with Crippen LogP contribution in [0.3, 0.4) is 0 Å². The third-order valence-corrected chi connectivity index (χ3v) is 5.88. The van der Waals surface area contributed by atoms with Crippen LogP contribution in [0.2, 0.25) is 0 Å². The van der Waals surface area contributed by atoms with Gasteiger partial charge in [0.25, 0.3) is 0 Å². The van der Waals surface area contributed by atoms with E-state index in [1.165, 1.54) is 12.8 Å². The minimum absolute atomic E-state index is 0. The first-order valence-electron chi connectivity index (χ1n) is 8.37. The maximum atomic E-state index is 12.6. The number of ether oxygens (including phenoxy) is 1. The van der Waals surface area contributed by atoms with Crippen LogP contribution in [0.5, 0.6) is 0 Å². The number of amides is 1. The van der Waals surface area contributed by atoms with Gasteiger partial charge in [0.15, 0.2) is 0 Å². The molecule has 3 fully saturated rings. The molecule has 1 amide bonds. The predicted octanol–water partition coefficient (Wildman–Crippen LogP) is 3.24. The molecule has 116 valence electrons. The van der Waals surface area contributed by atoms with Crippen molar-refractivity contribution in [3.05, 3.63) is 0 Å². The largest absolute Gasteiger partial charge is 0.380 e. The lowest BCUT2D eigenvalue weighted by Gasteiger charge is -2.53. The van der Waals surface area contributed by atoms with Crippen LogP contribution in [0.4, 0.5) is 0 Å². The van der Waals surface area contributed by atoms with E-state index in [2.05, 4.69) is 26.1 Å². The molecule has 2 saturated carbocycles. The van der Waals surface area contributed by atoms with Crippen molar-refractivity contribution in [2.24, 2.45) is 29.1 Å². The highest BCUT2D eigenvalue weighted by Gasteiger charge is 2.50. The molecule has 0 aromatic carbocycles. The van der Waals surface area contributed by atoms with Crippen molar-refractivity contribution < 1.29 is 11.0 Å². The number of nitrogens with one attached hydrogen (secondary N) is 1. The molecule has 0 aromatic rings. The Balaban J connectivity index is 0.00000161. The summed E-state index contributed by atoms with van der Waals surface area (Å²) >= 11 is 0. The zero-order valence-corrected chi connectivity index (χ0v) is 13.2. The van der Waals surface area contributed by atoms with E-state index >= 15 is 0 Å². The van der Waals surface area contributed by atoms with Crippen molar-refractivity contribution in [3.63, 3.8) is 0 Å². The highest BCUT2D eigenvalue weighted by Crippen LogP contribution is 2.47. The lowest BCUT2D eigenvalue weighted by molar-refractivity contribution is -0.170. The Labute approximate surface area is 124 Å². The summed E-state index contributed by atoms with van der Waals surface area (Å²) in [4.78, 5) is 12.6. The summed E-state index contributed by atoms with van der Waals surface area (Å²) in [6.07, 6.45) is 5.85. The van der Waals surface area contributed by atoms with Crippen molar-refractivity contribution in [2.45, 2.75) is 58.9 Å². The second-order valence-corrected chi connectivity index (χ2v) is 8.04. The average molecular weight is 281 g/mol. The summed E-state index contributed by atoms with van der Waals surface area (Å²) in [7, 11) is 0. The van der Waals surface area contributed by atoms with E-state index in [4.69, 9.17) is 4.74 Å². The smallest absolute Gasteiger partial charge is 0.223 e. The zero-order valence-electron chi connectivity index (χ0n) is 13.2. The summed E-state index contributed by atoms with van der Waals surface area (Å²) in [5.74, 6) is 2.47. The second kappa shape index (κ2) is 5.32. The molecule has 0 bridgehead atoms. The predicted molar refractivity (Wildman–Crippen MR) is 81.4 cm³/mol. The molecule has 0 radical (unpaired) electrons. The molecule has 1 N–H and O–H groups in total. The van der Waals surface area contributed by atoms with Crippen molar-refractivity contribution >= 4 is 5.91 Å². The van der Waals surface area contributed by atoms with Gasteiger partial charge in [-0.15, -0.1) is 0 Å². The quantitative estimate of drug-likeness (QED) is 0.862. The summed E-state index contributed by atoms with van der Waals surface area (Å²) in [5.41, 5.74) is 0.440. The zero-order chi connectivity index (χ0) is 14.3. The third kappa shape index (κ3) is 2.61. The maximum absolute atomic E-state index is 12.6. The van der Waals surface area contributed by atoms with Crippen LogP contribution in [0.15, 0.2) is 0 Å². The molecular weight excluding hydrogens is 250 g/mol. The highest BCUT2D eigenvalue weighted by molar-refractivity contribution is 5.79. The van der Waals surface area contributed by atoms with Crippen molar-refractivity contribution in [1.82, 2.24) is 5.32 Å². The number of carbonyl (C=O) groups is 1. The van der Waals surface area contributed by atoms with Gasteiger partial charge in [-0.05, 0) is 43.4 Å². The van der Waals surface area contributed by atoms with Crippen LogP contribution in [-0.2, 0) is 9.53 Å². The van der Waals surface area contributed by atoms with Gasteiger partial charge in [-0.3, -0.25) is 4.79 Å². The molecule has 3 atom stereocenters. The van der Waals surface area contributed by atoms with Crippen molar-refractivity contribution in [1.29, 1.82) is 0 Å². The first-order chi connectivity index (χ1) is 9.49. The minimum Gasteiger partial charge on any atom is -0.380 e. The number of hydrogen-bond acceptors (Lipinski definition) is 2. The van der Waals surface area contributed by atoms with Gasteiger partial charge in [0.05, 0.1) is 13.2 Å². The lowest BCUT2D eigenvalue weighted by Crippen LogP contribution is -2.60. The topological polar surface area (TPSA) is 38.3 Å². The van der Waals surface area contributed by atoms with Gasteiger partial charge in [-0.2, -0.15) is 0 Å². The van der Waals surface area contributed by atoms with E-state index in [0.717, 1.165) is 32.5 Å². The number of hydrogen-bond donors (Lipinski definition) is 1.